The van der Waals surface area contributed by atoms with E-state index in [0.29, 0.717) is 37.1 Å². The third kappa shape index (κ3) is 4.80. The number of amides is 3. The number of thiazole rings is 1. The molecule has 1 aromatic heterocycles. The quantitative estimate of drug-likeness (QED) is 0.556. The predicted molar refractivity (Wildman–Crippen MR) is 138 cm³/mol. The summed E-state index contributed by atoms with van der Waals surface area (Å²) in [5.41, 5.74) is 0.932. The van der Waals surface area contributed by atoms with Gasteiger partial charge in [0.2, 0.25) is 17.7 Å². The van der Waals surface area contributed by atoms with E-state index in [1.807, 2.05) is 6.92 Å². The average Bonchev–Trinajstić information content (AvgIpc) is 3.56. The molecule has 3 amide bonds. The largest absolute Gasteiger partial charge is 0.392 e. The second-order valence-electron chi connectivity index (χ2n) is 12.0. The van der Waals surface area contributed by atoms with Gasteiger partial charge in [-0.2, -0.15) is 0 Å². The molecule has 0 bridgehead atoms. The van der Waals surface area contributed by atoms with Crippen LogP contribution in [0.5, 0.6) is 0 Å². The van der Waals surface area contributed by atoms with Gasteiger partial charge in [0.15, 0.2) is 5.13 Å². The Morgan fingerprint density at radius 1 is 1.17 bits per heavy atom. The van der Waals surface area contributed by atoms with Crippen molar-refractivity contribution < 1.29 is 19.5 Å². The smallest absolute Gasteiger partial charge is 0.229 e. The zero-order valence-electron chi connectivity index (χ0n) is 21.9. The lowest BCUT2D eigenvalue weighted by atomic mass is 9.53. The molecule has 0 radical (unpaired) electrons. The number of carbonyl (C=O) groups excluding carboxylic acids is 3. The number of anilines is 1. The van der Waals surface area contributed by atoms with E-state index >= 15 is 0 Å². The molecular formula is C27H40N4O4S. The van der Waals surface area contributed by atoms with Gasteiger partial charge >= 0.3 is 0 Å². The molecule has 3 aliphatic carbocycles. The van der Waals surface area contributed by atoms with E-state index in [1.165, 1.54) is 4.88 Å². The Morgan fingerprint density at radius 2 is 1.86 bits per heavy atom. The number of nitrogens with zero attached hydrogens (tertiary/aromatic N) is 2. The molecule has 0 aromatic carbocycles. The minimum Gasteiger partial charge on any atom is -0.392 e. The number of aliphatic hydroxyl groups excluding tert-OH is 1. The molecule has 5 rings (SSSR count). The lowest BCUT2D eigenvalue weighted by molar-refractivity contribution is -0.135. The fourth-order valence-electron chi connectivity index (χ4n) is 7.02. The molecule has 6 atom stereocenters. The molecule has 1 saturated heterocycles. The molecule has 2 saturated carbocycles. The van der Waals surface area contributed by atoms with Crippen molar-refractivity contribution in [3.8, 4) is 0 Å². The summed E-state index contributed by atoms with van der Waals surface area (Å²) >= 11 is 1.56. The van der Waals surface area contributed by atoms with Gasteiger partial charge in [0, 0.05) is 48.7 Å². The van der Waals surface area contributed by atoms with Crippen molar-refractivity contribution in [3.05, 3.63) is 10.6 Å². The number of hydrogen-bond donors (Lipinski definition) is 3. The third-order valence-corrected chi connectivity index (χ3v) is 10.4. The fraction of sp³-hybridized carbons (Fsp3) is 0.778. The molecule has 2 heterocycles. The van der Waals surface area contributed by atoms with Crippen LogP contribution in [0.4, 0.5) is 5.13 Å². The predicted octanol–water partition coefficient (Wildman–Crippen LogP) is 3.31. The highest BCUT2D eigenvalue weighted by molar-refractivity contribution is 7.15. The van der Waals surface area contributed by atoms with Crippen molar-refractivity contribution in [2.75, 3.05) is 18.4 Å². The van der Waals surface area contributed by atoms with Crippen LogP contribution in [0.1, 0.15) is 82.7 Å². The van der Waals surface area contributed by atoms with E-state index < -0.39 is 6.10 Å². The van der Waals surface area contributed by atoms with Gasteiger partial charge in [0.25, 0.3) is 0 Å². The Bertz CT molecular complexity index is 1030. The number of nitrogens with one attached hydrogen (secondary N) is 2. The van der Waals surface area contributed by atoms with Crippen LogP contribution in [-0.2, 0) is 20.8 Å². The van der Waals surface area contributed by atoms with Crippen LogP contribution >= 0.6 is 11.3 Å². The fourth-order valence-corrected chi connectivity index (χ4v) is 8.29. The van der Waals surface area contributed by atoms with Gasteiger partial charge in [-0.05, 0) is 62.2 Å². The molecule has 36 heavy (non-hydrogen) atoms. The summed E-state index contributed by atoms with van der Waals surface area (Å²) in [6, 6.07) is 0.326. The maximum atomic E-state index is 12.9. The summed E-state index contributed by atoms with van der Waals surface area (Å²) in [6.45, 7) is 9.19. The second kappa shape index (κ2) is 9.71. The number of carbonyl (C=O) groups is 3. The van der Waals surface area contributed by atoms with Crippen molar-refractivity contribution in [2.45, 2.75) is 90.7 Å². The number of rotatable bonds is 5. The van der Waals surface area contributed by atoms with E-state index in [4.69, 9.17) is 4.98 Å². The van der Waals surface area contributed by atoms with E-state index in [-0.39, 0.29) is 52.7 Å². The van der Waals surface area contributed by atoms with Crippen molar-refractivity contribution in [2.24, 2.45) is 29.1 Å². The molecule has 1 aliphatic heterocycles. The van der Waals surface area contributed by atoms with Crippen molar-refractivity contribution in [1.29, 1.82) is 0 Å². The Balaban J connectivity index is 1.27. The number of aliphatic hydroxyl groups is 1. The van der Waals surface area contributed by atoms with Crippen LogP contribution in [0.3, 0.4) is 0 Å². The van der Waals surface area contributed by atoms with Gasteiger partial charge < -0.3 is 20.6 Å². The Labute approximate surface area is 217 Å². The first-order valence-electron chi connectivity index (χ1n) is 13.6. The van der Waals surface area contributed by atoms with E-state index in [1.54, 1.807) is 23.2 Å². The SMILES string of the molecule is CC(=O)N1CCC(C(=O)Nc2nc3c(s2)CC2(C)CCC(C(C)C(=O)NC4CC4)C(O)C2C3C)CC1. The average molecular weight is 517 g/mol. The third-order valence-electron chi connectivity index (χ3n) is 9.44. The highest BCUT2D eigenvalue weighted by Gasteiger charge is 2.54. The first kappa shape index (κ1) is 25.6. The summed E-state index contributed by atoms with van der Waals surface area (Å²) in [6.07, 6.45) is 5.57. The zero-order chi connectivity index (χ0) is 25.8. The molecule has 1 aromatic rings. The molecule has 6 unspecified atom stereocenters. The summed E-state index contributed by atoms with van der Waals surface area (Å²) in [5, 5.41) is 18.4. The van der Waals surface area contributed by atoms with Gasteiger partial charge in [-0.25, -0.2) is 4.98 Å². The highest BCUT2D eigenvalue weighted by Crippen LogP contribution is 2.57. The topological polar surface area (TPSA) is 112 Å². The monoisotopic (exact) mass is 516 g/mol. The van der Waals surface area contributed by atoms with Gasteiger partial charge in [-0.15, -0.1) is 11.3 Å². The molecule has 3 fully saturated rings. The Kier molecular flexibility index (Phi) is 6.91. The van der Waals surface area contributed by atoms with E-state index in [9.17, 15) is 19.5 Å². The van der Waals surface area contributed by atoms with E-state index in [2.05, 4.69) is 24.5 Å². The second-order valence-corrected chi connectivity index (χ2v) is 13.1. The molecule has 9 heteroatoms. The maximum Gasteiger partial charge on any atom is 0.229 e. The summed E-state index contributed by atoms with van der Waals surface area (Å²) in [7, 11) is 0. The lowest BCUT2D eigenvalue weighted by Crippen LogP contribution is -2.53. The van der Waals surface area contributed by atoms with E-state index in [0.717, 1.165) is 37.8 Å². The number of aromatic nitrogens is 1. The van der Waals surface area contributed by atoms with Gasteiger partial charge in [0.1, 0.15) is 0 Å². The van der Waals surface area contributed by atoms with Gasteiger partial charge in [-0.3, -0.25) is 14.4 Å². The minimum absolute atomic E-state index is 0.0174. The number of hydrogen-bond acceptors (Lipinski definition) is 6. The van der Waals surface area contributed by atoms with Gasteiger partial charge in [-0.1, -0.05) is 20.8 Å². The Hall–Kier alpha value is -2.00. The number of likely N-dealkylation sites (tertiary alicyclic amines) is 1. The molecule has 198 valence electrons. The molecule has 0 spiro atoms. The minimum atomic E-state index is -0.557. The zero-order valence-corrected chi connectivity index (χ0v) is 22.7. The van der Waals surface area contributed by atoms with Crippen molar-refractivity contribution in [3.63, 3.8) is 0 Å². The summed E-state index contributed by atoms with van der Waals surface area (Å²) in [4.78, 5) is 45.1. The molecule has 4 aliphatic rings. The number of piperidine rings is 1. The summed E-state index contributed by atoms with van der Waals surface area (Å²) < 4.78 is 0. The van der Waals surface area contributed by atoms with Crippen LogP contribution in [0.15, 0.2) is 0 Å². The maximum absolute atomic E-state index is 12.9. The molecule has 8 nitrogen and oxygen atoms in total. The van der Waals surface area contributed by atoms with Crippen LogP contribution in [0, 0.1) is 29.1 Å². The van der Waals surface area contributed by atoms with Crippen LogP contribution in [0.2, 0.25) is 0 Å². The van der Waals surface area contributed by atoms with Gasteiger partial charge in [0.05, 0.1) is 11.8 Å². The molecular weight excluding hydrogens is 476 g/mol. The number of fused-ring (bicyclic) bond motifs is 2. The highest BCUT2D eigenvalue weighted by atomic mass is 32.1. The van der Waals surface area contributed by atoms with Crippen molar-refractivity contribution >= 4 is 34.2 Å². The first-order chi connectivity index (χ1) is 17.1. The molecule has 3 N–H and O–H groups in total. The normalized spacial score (nSPS) is 33.3. The lowest BCUT2D eigenvalue weighted by Gasteiger charge is -2.53. The standard InChI is InChI=1S/C27H40N4O4S/c1-14(24(34)28-18-5-6-18)19-7-10-27(4)13-20-22(15(2)21(27)23(19)33)29-26(36-20)30-25(35)17-8-11-31(12-9-17)16(3)32/h14-15,17-19,21,23,33H,5-13H2,1-4H3,(H,28,34)(H,29,30,35). The Morgan fingerprint density at radius 3 is 2.50 bits per heavy atom. The van der Waals surface area contributed by atoms with Crippen molar-refractivity contribution in [1.82, 2.24) is 15.2 Å². The van der Waals surface area contributed by atoms with Crippen LogP contribution < -0.4 is 10.6 Å². The summed E-state index contributed by atoms with van der Waals surface area (Å²) in [5.74, 6) is -0.170. The van der Waals surface area contributed by atoms with Crippen LogP contribution in [-0.4, -0.2) is 57.9 Å². The van der Waals surface area contributed by atoms with Crippen LogP contribution in [0.25, 0.3) is 0 Å². The first-order valence-corrected chi connectivity index (χ1v) is 14.4.